The van der Waals surface area contributed by atoms with Crippen molar-refractivity contribution in [3.05, 3.63) is 65.2 Å². The Kier molecular flexibility index (Phi) is 7.59. The van der Waals surface area contributed by atoms with Gasteiger partial charge in [-0.15, -0.1) is 0 Å². The molecule has 1 amide bonds. The average Bonchev–Trinajstić information content (AvgIpc) is 2.70. The van der Waals surface area contributed by atoms with Gasteiger partial charge < -0.3 is 14.8 Å². The normalized spacial score (nSPS) is 11.3. The van der Waals surface area contributed by atoms with Crippen molar-refractivity contribution < 1.29 is 19.1 Å². The summed E-state index contributed by atoms with van der Waals surface area (Å²) in [6.07, 6.45) is 3.27. The predicted molar refractivity (Wildman–Crippen MR) is 116 cm³/mol. The fraction of sp³-hybridized carbons (Fsp3) is 0.333. The molecule has 0 heterocycles. The number of rotatable bonds is 8. The molecule has 2 aromatic carbocycles. The van der Waals surface area contributed by atoms with Gasteiger partial charge in [0.05, 0.1) is 7.11 Å². The second-order valence-electron chi connectivity index (χ2n) is 7.68. The van der Waals surface area contributed by atoms with Gasteiger partial charge in [0.2, 0.25) is 0 Å². The summed E-state index contributed by atoms with van der Waals surface area (Å²) in [4.78, 5) is 24.0. The number of carbonyl (C=O) groups is 2. The highest BCUT2D eigenvalue weighted by atomic mass is 16.5. The first-order valence-electron chi connectivity index (χ1n) is 9.65. The summed E-state index contributed by atoms with van der Waals surface area (Å²) in [5, 5.41) is 2.67. The molecule has 2 rings (SSSR count). The summed E-state index contributed by atoms with van der Waals surface area (Å²) >= 11 is 0. The van der Waals surface area contributed by atoms with Crippen molar-refractivity contribution in [2.75, 3.05) is 20.3 Å². The SMILES string of the molecule is CCNC(=O)COc1ccc(/C=C\C(=O)c2ccc(C(C)(C)C)cc2)cc1OC. The molecule has 0 fully saturated rings. The number of hydrogen-bond acceptors (Lipinski definition) is 4. The number of carbonyl (C=O) groups excluding carboxylic acids is 2. The summed E-state index contributed by atoms with van der Waals surface area (Å²) in [7, 11) is 1.53. The molecule has 5 heteroatoms. The molecule has 0 saturated carbocycles. The fourth-order valence-electron chi connectivity index (χ4n) is 2.70. The van der Waals surface area contributed by atoms with E-state index in [2.05, 4.69) is 26.1 Å². The maximum absolute atomic E-state index is 12.5. The quantitative estimate of drug-likeness (QED) is 0.531. The third-order valence-electron chi connectivity index (χ3n) is 4.38. The van der Waals surface area contributed by atoms with Crippen LogP contribution in [0.25, 0.3) is 6.08 Å². The number of methoxy groups -OCH3 is 1. The molecule has 1 N–H and O–H groups in total. The summed E-state index contributed by atoms with van der Waals surface area (Å²) in [5.41, 5.74) is 2.68. The van der Waals surface area contributed by atoms with Gasteiger partial charge in [0.1, 0.15) is 0 Å². The molecule has 0 aliphatic rings. The minimum atomic E-state index is -0.193. The molecule has 0 aliphatic carbocycles. The fourth-order valence-corrected chi connectivity index (χ4v) is 2.70. The standard InChI is InChI=1S/C24H29NO4/c1-6-25-23(27)16-29-21-14-8-17(15-22(21)28-5)7-13-20(26)18-9-11-19(12-10-18)24(2,3)4/h7-15H,6,16H2,1-5H3,(H,25,27)/b13-7-. The van der Waals surface area contributed by atoms with Gasteiger partial charge in [0.25, 0.3) is 5.91 Å². The Bertz CT molecular complexity index is 877. The van der Waals surface area contributed by atoms with E-state index in [1.54, 1.807) is 18.2 Å². The third kappa shape index (κ3) is 6.49. The largest absolute Gasteiger partial charge is 0.493 e. The molecule has 0 unspecified atom stereocenters. The van der Waals surface area contributed by atoms with Gasteiger partial charge in [-0.1, -0.05) is 57.2 Å². The van der Waals surface area contributed by atoms with Crippen molar-refractivity contribution in [3.63, 3.8) is 0 Å². The Morgan fingerprint density at radius 3 is 2.31 bits per heavy atom. The summed E-state index contributed by atoms with van der Waals surface area (Å²) in [6, 6.07) is 13.0. The highest BCUT2D eigenvalue weighted by Crippen LogP contribution is 2.28. The molecule has 0 saturated heterocycles. The first kappa shape index (κ1) is 22.2. The van der Waals surface area contributed by atoms with Crippen molar-refractivity contribution in [2.24, 2.45) is 0 Å². The number of ketones is 1. The summed E-state index contributed by atoms with van der Waals surface area (Å²) < 4.78 is 10.8. The van der Waals surface area contributed by atoms with E-state index in [1.807, 2.05) is 37.3 Å². The van der Waals surface area contributed by atoms with E-state index >= 15 is 0 Å². The van der Waals surface area contributed by atoms with Gasteiger partial charge in [0, 0.05) is 12.1 Å². The molecule has 29 heavy (non-hydrogen) atoms. The van der Waals surface area contributed by atoms with Crippen molar-refractivity contribution in [1.82, 2.24) is 5.32 Å². The van der Waals surface area contributed by atoms with Crippen LogP contribution >= 0.6 is 0 Å². The zero-order valence-electron chi connectivity index (χ0n) is 17.7. The van der Waals surface area contributed by atoms with Crippen molar-refractivity contribution in [3.8, 4) is 11.5 Å². The minimum Gasteiger partial charge on any atom is -0.493 e. The van der Waals surface area contributed by atoms with Crippen LogP contribution in [0.4, 0.5) is 0 Å². The van der Waals surface area contributed by atoms with E-state index in [4.69, 9.17) is 9.47 Å². The van der Waals surface area contributed by atoms with E-state index in [-0.39, 0.29) is 23.7 Å². The number of nitrogens with one attached hydrogen (secondary N) is 1. The zero-order valence-corrected chi connectivity index (χ0v) is 17.7. The molecule has 0 atom stereocenters. The highest BCUT2D eigenvalue weighted by molar-refractivity contribution is 6.06. The molecule has 2 aromatic rings. The third-order valence-corrected chi connectivity index (χ3v) is 4.38. The molecule has 0 spiro atoms. The maximum atomic E-state index is 12.5. The number of amides is 1. The first-order chi connectivity index (χ1) is 13.7. The smallest absolute Gasteiger partial charge is 0.257 e. The van der Waals surface area contributed by atoms with E-state index < -0.39 is 0 Å². The lowest BCUT2D eigenvalue weighted by atomic mass is 9.86. The number of hydrogen-bond donors (Lipinski definition) is 1. The lowest BCUT2D eigenvalue weighted by Gasteiger charge is -2.18. The molecule has 0 radical (unpaired) electrons. The number of likely N-dealkylation sites (N-methyl/N-ethyl adjacent to an activating group) is 1. The number of ether oxygens (including phenoxy) is 2. The molecule has 0 aliphatic heterocycles. The molecular weight excluding hydrogens is 366 g/mol. The van der Waals surface area contributed by atoms with Crippen LogP contribution in [0.3, 0.4) is 0 Å². The second-order valence-corrected chi connectivity index (χ2v) is 7.68. The molecule has 5 nitrogen and oxygen atoms in total. The topological polar surface area (TPSA) is 64.6 Å². The Hall–Kier alpha value is -3.08. The van der Waals surface area contributed by atoms with Crippen molar-refractivity contribution in [1.29, 1.82) is 0 Å². The Morgan fingerprint density at radius 1 is 1.03 bits per heavy atom. The monoisotopic (exact) mass is 395 g/mol. The van der Waals surface area contributed by atoms with Crippen LogP contribution in [0.5, 0.6) is 11.5 Å². The lowest BCUT2D eigenvalue weighted by molar-refractivity contribution is -0.123. The molecule has 154 valence electrons. The molecule has 0 aromatic heterocycles. The zero-order chi connectivity index (χ0) is 21.4. The van der Waals surface area contributed by atoms with Crippen LogP contribution in [0, 0.1) is 0 Å². The van der Waals surface area contributed by atoms with E-state index in [0.717, 1.165) is 5.56 Å². The number of allylic oxidation sites excluding steroid dienone is 1. The van der Waals surface area contributed by atoms with Crippen LogP contribution in [0.1, 0.15) is 49.2 Å². The van der Waals surface area contributed by atoms with Gasteiger partial charge in [-0.2, -0.15) is 0 Å². The first-order valence-corrected chi connectivity index (χ1v) is 9.65. The molecular formula is C24H29NO4. The van der Waals surface area contributed by atoms with Crippen LogP contribution in [0.15, 0.2) is 48.5 Å². The van der Waals surface area contributed by atoms with Crippen LogP contribution in [-0.2, 0) is 10.2 Å². The predicted octanol–water partition coefficient (Wildman–Crippen LogP) is 4.40. The van der Waals surface area contributed by atoms with Crippen LogP contribution in [-0.4, -0.2) is 32.0 Å². The van der Waals surface area contributed by atoms with E-state index in [9.17, 15) is 9.59 Å². The van der Waals surface area contributed by atoms with Gasteiger partial charge >= 0.3 is 0 Å². The summed E-state index contributed by atoms with van der Waals surface area (Å²) in [6.45, 7) is 8.74. The van der Waals surface area contributed by atoms with Gasteiger partial charge in [-0.25, -0.2) is 0 Å². The van der Waals surface area contributed by atoms with E-state index in [0.29, 0.717) is 23.6 Å². The highest BCUT2D eigenvalue weighted by Gasteiger charge is 2.13. The minimum absolute atomic E-state index is 0.0506. The molecule has 0 bridgehead atoms. The maximum Gasteiger partial charge on any atom is 0.257 e. The Morgan fingerprint density at radius 2 is 1.72 bits per heavy atom. The van der Waals surface area contributed by atoms with Crippen molar-refractivity contribution in [2.45, 2.75) is 33.1 Å². The van der Waals surface area contributed by atoms with Crippen LogP contribution < -0.4 is 14.8 Å². The Balaban J connectivity index is 2.07. The van der Waals surface area contributed by atoms with Crippen molar-refractivity contribution >= 4 is 17.8 Å². The van der Waals surface area contributed by atoms with Gasteiger partial charge in [-0.05, 0) is 41.7 Å². The number of benzene rings is 2. The van der Waals surface area contributed by atoms with Gasteiger partial charge in [0.15, 0.2) is 23.9 Å². The Labute approximate surface area is 172 Å². The van der Waals surface area contributed by atoms with Crippen LogP contribution in [0.2, 0.25) is 0 Å². The lowest BCUT2D eigenvalue weighted by Crippen LogP contribution is -2.28. The summed E-state index contributed by atoms with van der Waals surface area (Å²) in [5.74, 6) is 0.709. The average molecular weight is 395 g/mol. The van der Waals surface area contributed by atoms with E-state index in [1.165, 1.54) is 18.7 Å². The second kappa shape index (κ2) is 9.92. The van der Waals surface area contributed by atoms with Gasteiger partial charge in [-0.3, -0.25) is 9.59 Å².